The molecular formula is C23H26N2O3S2. The highest BCUT2D eigenvalue weighted by Gasteiger charge is 2.30. The lowest BCUT2D eigenvalue weighted by Gasteiger charge is -2.36. The first-order valence-corrected chi connectivity index (χ1v) is 12.3. The van der Waals surface area contributed by atoms with Crippen molar-refractivity contribution in [2.75, 3.05) is 31.1 Å². The van der Waals surface area contributed by atoms with E-state index < -0.39 is 15.6 Å². The Morgan fingerprint density at radius 1 is 0.933 bits per heavy atom. The summed E-state index contributed by atoms with van der Waals surface area (Å²) in [6, 6.07) is 19.6. The molecule has 5 nitrogen and oxygen atoms in total. The summed E-state index contributed by atoms with van der Waals surface area (Å²) in [6.07, 6.45) is 0. The fourth-order valence-corrected chi connectivity index (χ4v) is 6.31. The number of rotatable bonds is 5. The second-order valence-electron chi connectivity index (χ2n) is 7.98. The molecule has 1 saturated heterocycles. The summed E-state index contributed by atoms with van der Waals surface area (Å²) in [6.45, 7) is 5.69. The molecule has 0 atom stereocenters. The fraction of sp³-hybridized carbons (Fsp3) is 0.304. The van der Waals surface area contributed by atoms with Gasteiger partial charge in [-0.05, 0) is 48.6 Å². The van der Waals surface area contributed by atoms with Crippen molar-refractivity contribution >= 4 is 27.0 Å². The van der Waals surface area contributed by atoms with Gasteiger partial charge in [-0.15, -0.1) is 11.3 Å². The van der Waals surface area contributed by atoms with Gasteiger partial charge in [-0.3, -0.25) is 0 Å². The second kappa shape index (κ2) is 8.15. The fourth-order valence-electron chi connectivity index (χ4n) is 3.75. The van der Waals surface area contributed by atoms with Gasteiger partial charge >= 0.3 is 0 Å². The van der Waals surface area contributed by atoms with Crippen LogP contribution in [0.3, 0.4) is 0 Å². The monoisotopic (exact) mass is 442 g/mol. The van der Waals surface area contributed by atoms with Gasteiger partial charge in [-0.1, -0.05) is 42.5 Å². The summed E-state index contributed by atoms with van der Waals surface area (Å²) in [5, 5.41) is 12.3. The second-order valence-corrected chi connectivity index (χ2v) is 11.1. The van der Waals surface area contributed by atoms with Crippen LogP contribution in [0.1, 0.15) is 19.4 Å². The van der Waals surface area contributed by atoms with E-state index in [1.807, 2.05) is 36.4 Å². The average Bonchev–Trinajstić information content (AvgIpc) is 3.29. The van der Waals surface area contributed by atoms with Gasteiger partial charge < -0.3 is 10.0 Å². The normalized spacial score (nSPS) is 16.0. The third kappa shape index (κ3) is 4.16. The molecule has 4 rings (SSSR count). The molecule has 0 radical (unpaired) electrons. The highest BCUT2D eigenvalue weighted by Crippen LogP contribution is 2.35. The summed E-state index contributed by atoms with van der Waals surface area (Å²) in [5.41, 5.74) is 3.10. The zero-order chi connectivity index (χ0) is 21.4. The number of hydrogen-bond donors (Lipinski definition) is 1. The predicted molar refractivity (Wildman–Crippen MR) is 122 cm³/mol. The average molecular weight is 443 g/mol. The van der Waals surface area contributed by atoms with Gasteiger partial charge in [0.1, 0.15) is 4.21 Å². The lowest BCUT2D eigenvalue weighted by molar-refractivity contribution is 0.0786. The molecule has 1 aliphatic heterocycles. The first-order valence-electron chi connectivity index (χ1n) is 9.98. The molecule has 0 saturated carbocycles. The molecule has 0 unspecified atom stereocenters. The number of sulfonamides is 1. The maximum absolute atomic E-state index is 12.8. The molecule has 3 aromatic rings. The number of piperazine rings is 1. The number of hydrogen-bond acceptors (Lipinski definition) is 5. The van der Waals surface area contributed by atoms with Gasteiger partial charge in [-0.25, -0.2) is 8.42 Å². The zero-order valence-corrected chi connectivity index (χ0v) is 18.8. The number of aliphatic hydroxyl groups is 1. The van der Waals surface area contributed by atoms with Gasteiger partial charge in [0.15, 0.2) is 0 Å². The van der Waals surface area contributed by atoms with Crippen molar-refractivity contribution in [3.63, 3.8) is 0 Å². The van der Waals surface area contributed by atoms with Gasteiger partial charge in [0, 0.05) is 37.4 Å². The Morgan fingerprint density at radius 2 is 1.63 bits per heavy atom. The molecule has 1 fully saturated rings. The van der Waals surface area contributed by atoms with E-state index in [1.165, 1.54) is 11.3 Å². The van der Waals surface area contributed by atoms with E-state index in [-0.39, 0.29) is 0 Å². The largest absolute Gasteiger partial charge is 0.386 e. The summed E-state index contributed by atoms with van der Waals surface area (Å²) < 4.78 is 27.6. The molecule has 158 valence electrons. The summed E-state index contributed by atoms with van der Waals surface area (Å²) >= 11 is 1.26. The Kier molecular flexibility index (Phi) is 5.72. The topological polar surface area (TPSA) is 60.9 Å². The van der Waals surface area contributed by atoms with Gasteiger partial charge in [0.05, 0.1) is 5.60 Å². The van der Waals surface area contributed by atoms with Crippen LogP contribution in [0.4, 0.5) is 5.69 Å². The Hall–Kier alpha value is -2.19. The van der Waals surface area contributed by atoms with Gasteiger partial charge in [0.2, 0.25) is 0 Å². The van der Waals surface area contributed by atoms with Crippen molar-refractivity contribution in [3.8, 4) is 11.1 Å². The maximum Gasteiger partial charge on any atom is 0.252 e. The molecule has 0 aliphatic carbocycles. The lowest BCUT2D eigenvalue weighted by Crippen LogP contribution is -2.48. The summed E-state index contributed by atoms with van der Waals surface area (Å²) in [7, 11) is -3.42. The molecule has 1 aliphatic rings. The third-order valence-electron chi connectivity index (χ3n) is 5.46. The van der Waals surface area contributed by atoms with E-state index in [0.717, 1.165) is 22.4 Å². The molecule has 0 amide bonds. The Balaban J connectivity index is 1.62. The van der Waals surface area contributed by atoms with E-state index >= 15 is 0 Å². The Labute approximate surface area is 182 Å². The van der Waals surface area contributed by atoms with Crippen LogP contribution in [-0.4, -0.2) is 44.0 Å². The number of benzene rings is 2. The molecule has 1 N–H and O–H groups in total. The highest BCUT2D eigenvalue weighted by molar-refractivity contribution is 7.91. The molecular weight excluding hydrogens is 416 g/mol. The Bertz CT molecular complexity index is 1100. The van der Waals surface area contributed by atoms with Crippen LogP contribution in [0.15, 0.2) is 70.3 Å². The number of thiophene rings is 1. The van der Waals surface area contributed by atoms with E-state index in [2.05, 4.69) is 17.0 Å². The van der Waals surface area contributed by atoms with Crippen molar-refractivity contribution in [1.29, 1.82) is 0 Å². The van der Waals surface area contributed by atoms with Crippen LogP contribution >= 0.6 is 11.3 Å². The summed E-state index contributed by atoms with van der Waals surface area (Å²) in [4.78, 5) is 2.23. The smallest absolute Gasteiger partial charge is 0.252 e. The van der Waals surface area contributed by atoms with Crippen molar-refractivity contribution < 1.29 is 13.5 Å². The van der Waals surface area contributed by atoms with Crippen molar-refractivity contribution in [3.05, 3.63) is 71.6 Å². The van der Waals surface area contributed by atoms with Crippen molar-refractivity contribution in [2.24, 2.45) is 0 Å². The molecule has 7 heteroatoms. The Morgan fingerprint density at radius 3 is 2.23 bits per heavy atom. The van der Waals surface area contributed by atoms with Crippen LogP contribution < -0.4 is 4.90 Å². The lowest BCUT2D eigenvalue weighted by atomic mass is 9.92. The molecule has 0 spiro atoms. The highest BCUT2D eigenvalue weighted by atomic mass is 32.2. The molecule has 0 bridgehead atoms. The quantitative estimate of drug-likeness (QED) is 0.645. The molecule has 2 aromatic carbocycles. The minimum Gasteiger partial charge on any atom is -0.386 e. The van der Waals surface area contributed by atoms with E-state index in [4.69, 9.17) is 0 Å². The SMILES string of the molecule is CC(C)(O)c1ccc(N2CCN(S(=O)(=O)c3cccs3)CC2)c(-c2ccccc2)c1. The standard InChI is InChI=1S/C23H26N2O3S2/c1-23(2,26)19-10-11-21(20(17-19)18-7-4-3-5-8-18)24-12-14-25(15-13-24)30(27,28)22-9-6-16-29-22/h3-11,16-17,26H,12-15H2,1-2H3. The van der Waals surface area contributed by atoms with Crippen molar-refractivity contribution in [2.45, 2.75) is 23.7 Å². The maximum atomic E-state index is 12.8. The van der Waals surface area contributed by atoms with E-state index in [0.29, 0.717) is 30.4 Å². The first kappa shape index (κ1) is 21.1. The molecule has 2 heterocycles. The third-order valence-corrected chi connectivity index (χ3v) is 8.73. The predicted octanol–water partition coefficient (Wildman–Crippen LogP) is 4.15. The summed E-state index contributed by atoms with van der Waals surface area (Å²) in [5.74, 6) is 0. The van der Waals surface area contributed by atoms with Crippen molar-refractivity contribution in [1.82, 2.24) is 4.31 Å². The number of nitrogens with zero attached hydrogens (tertiary/aromatic N) is 2. The van der Waals surface area contributed by atoms with Crippen LogP contribution in [-0.2, 0) is 15.6 Å². The van der Waals surface area contributed by atoms with Crippen LogP contribution in [0.25, 0.3) is 11.1 Å². The first-order chi connectivity index (χ1) is 14.3. The van der Waals surface area contributed by atoms with Gasteiger partial charge in [-0.2, -0.15) is 4.31 Å². The van der Waals surface area contributed by atoms with E-state index in [1.54, 1.807) is 35.7 Å². The van der Waals surface area contributed by atoms with Crippen LogP contribution in [0.5, 0.6) is 0 Å². The molecule has 30 heavy (non-hydrogen) atoms. The zero-order valence-electron chi connectivity index (χ0n) is 17.2. The van der Waals surface area contributed by atoms with Gasteiger partial charge in [0.25, 0.3) is 10.0 Å². The van der Waals surface area contributed by atoms with Crippen LogP contribution in [0, 0.1) is 0 Å². The minimum atomic E-state index is -3.42. The number of anilines is 1. The van der Waals surface area contributed by atoms with Crippen LogP contribution in [0.2, 0.25) is 0 Å². The molecule has 1 aromatic heterocycles. The minimum absolute atomic E-state index is 0.399. The van der Waals surface area contributed by atoms with E-state index in [9.17, 15) is 13.5 Å².